The summed E-state index contributed by atoms with van der Waals surface area (Å²) in [6.45, 7) is 13.1. The van der Waals surface area contributed by atoms with E-state index in [1.54, 1.807) is 12.3 Å². The first-order valence-corrected chi connectivity index (χ1v) is 8.45. The molecular formula is C21H26N2O2. The summed E-state index contributed by atoms with van der Waals surface area (Å²) >= 11 is 0. The van der Waals surface area contributed by atoms with E-state index in [-0.39, 0.29) is 0 Å². The number of anilines is 1. The highest BCUT2D eigenvalue weighted by molar-refractivity contribution is 5.84. The monoisotopic (exact) mass is 338 g/mol. The van der Waals surface area contributed by atoms with E-state index in [4.69, 9.17) is 4.74 Å². The summed E-state index contributed by atoms with van der Waals surface area (Å²) in [4.78, 5) is 16.1. The van der Waals surface area contributed by atoms with E-state index in [1.807, 2.05) is 45.1 Å². The second-order valence-electron chi connectivity index (χ2n) is 7.04. The van der Waals surface area contributed by atoms with Gasteiger partial charge in [0, 0.05) is 6.20 Å². The van der Waals surface area contributed by atoms with Gasteiger partial charge in [-0.15, -0.1) is 0 Å². The van der Waals surface area contributed by atoms with Crippen LogP contribution in [-0.2, 0) is 4.74 Å². The average Bonchev–Trinajstić information content (AvgIpc) is 3.33. The second kappa shape index (κ2) is 7.97. The number of pyridine rings is 1. The van der Waals surface area contributed by atoms with Gasteiger partial charge < -0.3 is 4.74 Å². The van der Waals surface area contributed by atoms with Gasteiger partial charge >= 0.3 is 6.09 Å². The Morgan fingerprint density at radius 1 is 1.36 bits per heavy atom. The molecule has 0 aliphatic heterocycles. The first-order valence-electron chi connectivity index (χ1n) is 8.45. The summed E-state index contributed by atoms with van der Waals surface area (Å²) in [7, 11) is 0. The van der Waals surface area contributed by atoms with Gasteiger partial charge in [-0.05, 0) is 68.4 Å². The summed E-state index contributed by atoms with van der Waals surface area (Å²) in [5.41, 5.74) is 2.75. The van der Waals surface area contributed by atoms with Crippen LogP contribution in [0.5, 0.6) is 0 Å². The zero-order chi connectivity index (χ0) is 18.4. The molecule has 1 N–H and O–H groups in total. The molecule has 132 valence electrons. The number of nitrogens with one attached hydrogen (secondary N) is 1. The molecule has 25 heavy (non-hydrogen) atoms. The van der Waals surface area contributed by atoms with Crippen LogP contribution < -0.4 is 5.32 Å². The average molecular weight is 338 g/mol. The lowest BCUT2D eigenvalue weighted by Gasteiger charge is -2.19. The third kappa shape index (κ3) is 6.07. The molecule has 1 aliphatic rings. The quantitative estimate of drug-likeness (QED) is 0.695. The molecule has 0 unspecified atom stereocenters. The van der Waals surface area contributed by atoms with Gasteiger partial charge in [-0.2, -0.15) is 0 Å². The minimum Gasteiger partial charge on any atom is -0.444 e. The molecule has 4 nitrogen and oxygen atoms in total. The third-order valence-electron chi connectivity index (χ3n) is 3.60. The molecule has 0 spiro atoms. The Bertz CT molecular complexity index is 720. The van der Waals surface area contributed by atoms with Crippen LogP contribution in [-0.4, -0.2) is 16.7 Å². The van der Waals surface area contributed by atoms with Crippen LogP contribution in [0.3, 0.4) is 0 Å². The number of carbonyl (C=O) groups excluding carboxylic acids is 1. The molecule has 1 aliphatic carbocycles. The van der Waals surface area contributed by atoms with Gasteiger partial charge in [0.05, 0.1) is 0 Å². The fourth-order valence-corrected chi connectivity index (χ4v) is 2.43. The lowest BCUT2D eigenvalue weighted by atomic mass is 9.98. The molecule has 2 rings (SSSR count). The summed E-state index contributed by atoms with van der Waals surface area (Å²) in [5, 5.41) is 2.67. The predicted molar refractivity (Wildman–Crippen MR) is 103 cm³/mol. The molecule has 1 fully saturated rings. The van der Waals surface area contributed by atoms with Gasteiger partial charge in [-0.3, -0.25) is 5.32 Å². The Morgan fingerprint density at radius 2 is 2.08 bits per heavy atom. The predicted octanol–water partition coefficient (Wildman–Crippen LogP) is 5.52. The molecule has 1 amide bonds. The molecule has 1 aromatic heterocycles. The van der Waals surface area contributed by atoms with E-state index in [1.165, 1.54) is 18.4 Å². The first-order chi connectivity index (χ1) is 11.8. The van der Waals surface area contributed by atoms with Crippen LogP contribution in [0, 0.1) is 5.92 Å². The summed E-state index contributed by atoms with van der Waals surface area (Å²) in [5.74, 6) is 1.02. The van der Waals surface area contributed by atoms with E-state index in [0.717, 1.165) is 11.1 Å². The maximum absolute atomic E-state index is 11.9. The van der Waals surface area contributed by atoms with Crippen molar-refractivity contribution in [2.24, 2.45) is 5.92 Å². The molecule has 0 bridgehead atoms. The minimum absolute atomic E-state index is 0.464. The number of aromatic nitrogens is 1. The zero-order valence-electron chi connectivity index (χ0n) is 15.2. The Hall–Kier alpha value is -2.62. The molecule has 0 aromatic carbocycles. The number of nitrogens with zero attached hydrogens (tertiary/aromatic N) is 1. The van der Waals surface area contributed by atoms with E-state index in [9.17, 15) is 4.79 Å². The summed E-state index contributed by atoms with van der Waals surface area (Å²) < 4.78 is 5.26. The maximum atomic E-state index is 11.9. The number of amides is 1. The van der Waals surface area contributed by atoms with Crippen molar-refractivity contribution in [1.29, 1.82) is 0 Å². The highest BCUT2D eigenvalue weighted by Crippen LogP contribution is 2.41. The van der Waals surface area contributed by atoms with Crippen molar-refractivity contribution >= 4 is 18.0 Å². The van der Waals surface area contributed by atoms with Gasteiger partial charge in [0.2, 0.25) is 0 Å². The number of allylic oxidation sites excluding steroid dienone is 5. The number of hydrogen-bond acceptors (Lipinski definition) is 3. The van der Waals surface area contributed by atoms with Crippen molar-refractivity contribution in [3.63, 3.8) is 0 Å². The standard InChI is InChI=1S/C21H26N2O2/c1-6-8-16(7-2)18(17-9-10-17)13-15-11-12-22-19(14-15)23-20(24)25-21(3,4)5/h6-8,11-14,17H,1-2,9-10H2,3-5H3,(H,22,23,24)/b16-8+,18-13-. The maximum Gasteiger partial charge on any atom is 0.413 e. The van der Waals surface area contributed by atoms with E-state index in [2.05, 4.69) is 29.5 Å². The normalized spacial score (nSPS) is 15.5. The molecule has 4 heteroatoms. The lowest BCUT2D eigenvalue weighted by Crippen LogP contribution is -2.27. The fraction of sp³-hybridized carbons (Fsp3) is 0.333. The summed E-state index contributed by atoms with van der Waals surface area (Å²) in [6.07, 6.45) is 11.2. The fourth-order valence-electron chi connectivity index (χ4n) is 2.43. The van der Waals surface area contributed by atoms with E-state index in [0.29, 0.717) is 11.7 Å². The zero-order valence-corrected chi connectivity index (χ0v) is 15.2. The van der Waals surface area contributed by atoms with E-state index >= 15 is 0 Å². The van der Waals surface area contributed by atoms with Crippen LogP contribution in [0.1, 0.15) is 39.2 Å². The highest BCUT2D eigenvalue weighted by atomic mass is 16.6. The molecule has 0 atom stereocenters. The second-order valence-corrected chi connectivity index (χ2v) is 7.04. The molecule has 0 saturated heterocycles. The Kier molecular flexibility index (Phi) is 5.97. The van der Waals surface area contributed by atoms with Gasteiger partial charge in [0.25, 0.3) is 0 Å². The van der Waals surface area contributed by atoms with Crippen LogP contribution >= 0.6 is 0 Å². The lowest BCUT2D eigenvalue weighted by molar-refractivity contribution is 0.0635. The van der Waals surface area contributed by atoms with Crippen molar-refractivity contribution in [3.8, 4) is 0 Å². The molecule has 1 aromatic rings. The molecular weight excluding hydrogens is 312 g/mol. The van der Waals surface area contributed by atoms with Crippen molar-refractivity contribution in [1.82, 2.24) is 4.98 Å². The van der Waals surface area contributed by atoms with Crippen molar-refractivity contribution in [2.75, 3.05) is 5.32 Å². The Morgan fingerprint density at radius 3 is 2.64 bits per heavy atom. The molecule has 0 radical (unpaired) electrons. The van der Waals surface area contributed by atoms with Gasteiger partial charge in [0.1, 0.15) is 11.4 Å². The number of rotatable bonds is 6. The van der Waals surface area contributed by atoms with Crippen LogP contribution in [0.25, 0.3) is 6.08 Å². The number of carbonyl (C=O) groups is 1. The number of hydrogen-bond donors (Lipinski definition) is 1. The Labute approximate surface area is 150 Å². The SMILES string of the molecule is C=C/C=C(C=C)/C(=C/c1ccnc(NC(=O)OC(C)(C)C)c1)C1CC1. The van der Waals surface area contributed by atoms with Crippen molar-refractivity contribution in [2.45, 2.75) is 39.2 Å². The van der Waals surface area contributed by atoms with Crippen molar-refractivity contribution < 1.29 is 9.53 Å². The summed E-state index contributed by atoms with van der Waals surface area (Å²) in [6, 6.07) is 3.75. The highest BCUT2D eigenvalue weighted by Gasteiger charge is 2.27. The van der Waals surface area contributed by atoms with Crippen LogP contribution in [0.15, 0.2) is 60.9 Å². The molecule has 1 heterocycles. The Balaban J connectivity index is 2.22. The van der Waals surface area contributed by atoms with Gasteiger partial charge in [-0.1, -0.05) is 37.5 Å². The first kappa shape index (κ1) is 18.7. The largest absolute Gasteiger partial charge is 0.444 e. The smallest absolute Gasteiger partial charge is 0.413 e. The van der Waals surface area contributed by atoms with Gasteiger partial charge in [0.15, 0.2) is 0 Å². The third-order valence-corrected chi connectivity index (χ3v) is 3.60. The van der Waals surface area contributed by atoms with E-state index < -0.39 is 11.7 Å². The van der Waals surface area contributed by atoms with Crippen LogP contribution in [0.4, 0.5) is 10.6 Å². The minimum atomic E-state index is -0.547. The number of ether oxygens (including phenoxy) is 1. The topological polar surface area (TPSA) is 51.2 Å². The van der Waals surface area contributed by atoms with Crippen molar-refractivity contribution in [3.05, 3.63) is 66.4 Å². The van der Waals surface area contributed by atoms with Gasteiger partial charge in [-0.25, -0.2) is 9.78 Å². The van der Waals surface area contributed by atoms with Crippen LogP contribution in [0.2, 0.25) is 0 Å². The molecule has 1 saturated carbocycles.